The lowest BCUT2D eigenvalue weighted by atomic mass is 10.2. The van der Waals surface area contributed by atoms with E-state index in [4.69, 9.17) is 0 Å². The van der Waals surface area contributed by atoms with Gasteiger partial charge in [0, 0.05) is 23.9 Å². The van der Waals surface area contributed by atoms with E-state index in [2.05, 4.69) is 27.8 Å². The Kier molecular flexibility index (Phi) is 4.43. The van der Waals surface area contributed by atoms with Crippen molar-refractivity contribution in [2.75, 3.05) is 6.54 Å². The predicted molar refractivity (Wildman–Crippen MR) is 87.9 cm³/mol. The molecule has 0 aliphatic rings. The average molecular weight is 314 g/mol. The molecule has 0 bridgehead atoms. The monoisotopic (exact) mass is 314 g/mol. The summed E-state index contributed by atoms with van der Waals surface area (Å²) >= 11 is 3.09. The van der Waals surface area contributed by atoms with E-state index in [1.54, 1.807) is 11.3 Å². The maximum atomic E-state index is 11.8. The number of carbonyl (C=O) groups excluding carboxylic acids is 1. The Hall–Kier alpha value is -1.98. The number of rotatable bonds is 5. The van der Waals surface area contributed by atoms with Crippen molar-refractivity contribution in [1.29, 1.82) is 0 Å². The number of nitrogens with one attached hydrogen (secondary N) is 1. The van der Waals surface area contributed by atoms with Crippen molar-refractivity contribution in [3.63, 3.8) is 0 Å². The highest BCUT2D eigenvalue weighted by atomic mass is 32.1. The largest absolute Gasteiger partial charge is 0.351 e. The van der Waals surface area contributed by atoms with Crippen LogP contribution in [0.15, 0.2) is 53.2 Å². The van der Waals surface area contributed by atoms with Crippen molar-refractivity contribution in [1.82, 2.24) is 10.3 Å². The van der Waals surface area contributed by atoms with Gasteiger partial charge >= 0.3 is 0 Å². The summed E-state index contributed by atoms with van der Waals surface area (Å²) in [6, 6.07) is 13.8. The Morgan fingerprint density at radius 3 is 2.71 bits per heavy atom. The van der Waals surface area contributed by atoms with E-state index in [0.29, 0.717) is 6.54 Å². The quantitative estimate of drug-likeness (QED) is 0.777. The van der Waals surface area contributed by atoms with Crippen LogP contribution in [0.4, 0.5) is 0 Å². The highest BCUT2D eigenvalue weighted by molar-refractivity contribution is 7.12. The summed E-state index contributed by atoms with van der Waals surface area (Å²) in [5.74, 6) is -0.00941. The molecule has 0 fully saturated rings. The van der Waals surface area contributed by atoms with Gasteiger partial charge in [0.25, 0.3) is 5.91 Å². The summed E-state index contributed by atoms with van der Waals surface area (Å²) in [6.45, 7) is 0.610. The SMILES string of the molecule is O=C(NCCc1nc(-c2ccccc2)cs1)c1cccs1. The topological polar surface area (TPSA) is 42.0 Å². The van der Waals surface area contributed by atoms with E-state index in [0.717, 1.165) is 27.6 Å². The number of benzene rings is 1. The molecular weight excluding hydrogens is 300 g/mol. The molecule has 3 nitrogen and oxygen atoms in total. The van der Waals surface area contributed by atoms with E-state index in [9.17, 15) is 4.79 Å². The molecule has 3 aromatic rings. The number of amides is 1. The number of thiophene rings is 1. The van der Waals surface area contributed by atoms with E-state index in [-0.39, 0.29) is 5.91 Å². The zero-order chi connectivity index (χ0) is 14.5. The number of carbonyl (C=O) groups is 1. The molecule has 1 amide bonds. The second-order valence-corrected chi connectivity index (χ2v) is 6.37. The smallest absolute Gasteiger partial charge is 0.261 e. The van der Waals surface area contributed by atoms with Crippen molar-refractivity contribution in [2.24, 2.45) is 0 Å². The molecule has 0 saturated carbocycles. The normalized spacial score (nSPS) is 10.5. The summed E-state index contributed by atoms with van der Waals surface area (Å²) in [7, 11) is 0. The Bertz CT molecular complexity index is 705. The highest BCUT2D eigenvalue weighted by Gasteiger charge is 2.07. The van der Waals surface area contributed by atoms with Gasteiger partial charge in [0.2, 0.25) is 0 Å². The van der Waals surface area contributed by atoms with Crippen LogP contribution in [0.5, 0.6) is 0 Å². The number of thiazole rings is 1. The van der Waals surface area contributed by atoms with Crippen molar-refractivity contribution in [3.05, 3.63) is 63.1 Å². The van der Waals surface area contributed by atoms with E-state index < -0.39 is 0 Å². The van der Waals surface area contributed by atoms with Gasteiger partial charge in [-0.05, 0) is 11.4 Å². The van der Waals surface area contributed by atoms with Crippen LogP contribution in [0.25, 0.3) is 11.3 Å². The minimum atomic E-state index is -0.00941. The molecule has 0 unspecified atom stereocenters. The molecule has 2 heterocycles. The second kappa shape index (κ2) is 6.65. The minimum absolute atomic E-state index is 0.00941. The zero-order valence-electron chi connectivity index (χ0n) is 11.3. The van der Waals surface area contributed by atoms with Gasteiger partial charge in [-0.25, -0.2) is 4.98 Å². The zero-order valence-corrected chi connectivity index (χ0v) is 12.9. The van der Waals surface area contributed by atoms with E-state index in [1.807, 2.05) is 35.7 Å². The number of nitrogens with zero attached hydrogens (tertiary/aromatic N) is 1. The fourth-order valence-corrected chi connectivity index (χ4v) is 3.39. The molecule has 0 aliphatic heterocycles. The Labute approximate surface area is 131 Å². The first-order valence-electron chi connectivity index (χ1n) is 6.64. The lowest BCUT2D eigenvalue weighted by Crippen LogP contribution is -2.24. The van der Waals surface area contributed by atoms with Crippen LogP contribution >= 0.6 is 22.7 Å². The van der Waals surface area contributed by atoms with E-state index in [1.165, 1.54) is 11.3 Å². The van der Waals surface area contributed by atoms with Crippen molar-refractivity contribution < 1.29 is 4.79 Å². The third-order valence-electron chi connectivity index (χ3n) is 2.99. The Morgan fingerprint density at radius 1 is 1.10 bits per heavy atom. The van der Waals surface area contributed by atoms with Crippen molar-refractivity contribution in [3.8, 4) is 11.3 Å². The second-order valence-electron chi connectivity index (χ2n) is 4.48. The first-order chi connectivity index (χ1) is 10.3. The van der Waals surface area contributed by atoms with Crippen LogP contribution in [0, 0.1) is 0 Å². The predicted octanol–water partition coefficient (Wildman–Crippen LogP) is 3.84. The third-order valence-corrected chi connectivity index (χ3v) is 4.77. The molecule has 1 aromatic carbocycles. The maximum Gasteiger partial charge on any atom is 0.261 e. The van der Waals surface area contributed by atoms with Crippen molar-refractivity contribution >= 4 is 28.6 Å². The van der Waals surface area contributed by atoms with Gasteiger partial charge in [0.15, 0.2) is 0 Å². The lowest BCUT2D eigenvalue weighted by Gasteiger charge is -2.01. The highest BCUT2D eigenvalue weighted by Crippen LogP contribution is 2.21. The summed E-state index contributed by atoms with van der Waals surface area (Å²) in [5.41, 5.74) is 2.13. The van der Waals surface area contributed by atoms with Crippen LogP contribution in [0.3, 0.4) is 0 Å². The van der Waals surface area contributed by atoms with Gasteiger partial charge in [0.05, 0.1) is 15.6 Å². The van der Waals surface area contributed by atoms with Gasteiger partial charge in [-0.3, -0.25) is 4.79 Å². The molecule has 106 valence electrons. The first-order valence-corrected chi connectivity index (χ1v) is 8.40. The fourth-order valence-electron chi connectivity index (χ4n) is 1.95. The number of hydrogen-bond acceptors (Lipinski definition) is 4. The van der Waals surface area contributed by atoms with Crippen LogP contribution in [-0.2, 0) is 6.42 Å². The average Bonchev–Trinajstić information content (AvgIpc) is 3.20. The summed E-state index contributed by atoms with van der Waals surface area (Å²) in [5, 5.41) is 7.93. The molecule has 0 aliphatic carbocycles. The number of aromatic nitrogens is 1. The van der Waals surface area contributed by atoms with Gasteiger partial charge < -0.3 is 5.32 Å². The summed E-state index contributed by atoms with van der Waals surface area (Å²) in [4.78, 5) is 17.2. The van der Waals surface area contributed by atoms with E-state index >= 15 is 0 Å². The van der Waals surface area contributed by atoms with Gasteiger partial charge in [-0.1, -0.05) is 36.4 Å². The molecule has 21 heavy (non-hydrogen) atoms. The van der Waals surface area contributed by atoms with Crippen LogP contribution in [-0.4, -0.2) is 17.4 Å². The molecule has 5 heteroatoms. The lowest BCUT2D eigenvalue weighted by molar-refractivity contribution is 0.0958. The molecule has 2 aromatic heterocycles. The van der Waals surface area contributed by atoms with Gasteiger partial charge in [-0.2, -0.15) is 0 Å². The van der Waals surface area contributed by atoms with Gasteiger partial charge in [0.1, 0.15) is 0 Å². The minimum Gasteiger partial charge on any atom is -0.351 e. The Morgan fingerprint density at radius 2 is 1.95 bits per heavy atom. The standard InChI is InChI=1S/C16H14N2OS2/c19-16(14-7-4-10-20-14)17-9-8-15-18-13(11-21-15)12-5-2-1-3-6-12/h1-7,10-11H,8-9H2,(H,17,19). The molecule has 0 saturated heterocycles. The first kappa shape index (κ1) is 14.0. The summed E-state index contributed by atoms with van der Waals surface area (Å²) < 4.78 is 0. The maximum absolute atomic E-state index is 11.8. The summed E-state index contributed by atoms with van der Waals surface area (Å²) in [6.07, 6.45) is 0.759. The fraction of sp³-hybridized carbons (Fsp3) is 0.125. The van der Waals surface area contributed by atoms with Crippen LogP contribution in [0.1, 0.15) is 14.7 Å². The van der Waals surface area contributed by atoms with Crippen LogP contribution < -0.4 is 5.32 Å². The van der Waals surface area contributed by atoms with Crippen LogP contribution in [0.2, 0.25) is 0 Å². The molecule has 0 radical (unpaired) electrons. The van der Waals surface area contributed by atoms with Crippen molar-refractivity contribution in [2.45, 2.75) is 6.42 Å². The van der Waals surface area contributed by atoms with Gasteiger partial charge in [-0.15, -0.1) is 22.7 Å². The Balaban J connectivity index is 1.55. The number of hydrogen-bond donors (Lipinski definition) is 1. The molecular formula is C16H14N2OS2. The molecule has 1 N–H and O–H groups in total. The molecule has 0 atom stereocenters. The molecule has 3 rings (SSSR count). The third kappa shape index (κ3) is 3.56. The molecule has 0 spiro atoms.